The van der Waals surface area contributed by atoms with Gasteiger partial charge < -0.3 is 5.32 Å². The van der Waals surface area contributed by atoms with Crippen LogP contribution in [0.15, 0.2) is 30.6 Å². The minimum Gasteiger partial charge on any atom is -0.373 e. The summed E-state index contributed by atoms with van der Waals surface area (Å²) in [6.07, 6.45) is 3.53. The maximum Gasteiger partial charge on any atom is 0.135 e. The zero-order valence-corrected chi connectivity index (χ0v) is 8.78. The van der Waals surface area contributed by atoms with Crippen LogP contribution in [0, 0.1) is 0 Å². The number of nitrogens with zero attached hydrogens (tertiary/aromatic N) is 2. The lowest BCUT2D eigenvalue weighted by molar-refractivity contribution is 1.29. The summed E-state index contributed by atoms with van der Waals surface area (Å²) in [7, 11) is 1.86. The Balaban J connectivity index is 0.000000461. The molecule has 0 bridgehead atoms. The molecule has 0 aliphatic rings. The molecule has 0 fully saturated rings. The van der Waals surface area contributed by atoms with Crippen molar-refractivity contribution in [1.29, 1.82) is 0 Å². The first-order valence-corrected chi connectivity index (χ1v) is 4.79. The van der Waals surface area contributed by atoms with Crippen molar-refractivity contribution in [3.63, 3.8) is 0 Å². The molecule has 0 unspecified atom stereocenters. The summed E-state index contributed by atoms with van der Waals surface area (Å²) >= 11 is 0. The van der Waals surface area contributed by atoms with E-state index in [1.165, 1.54) is 0 Å². The van der Waals surface area contributed by atoms with Gasteiger partial charge >= 0.3 is 0 Å². The van der Waals surface area contributed by atoms with Gasteiger partial charge in [0.25, 0.3) is 0 Å². The number of rotatable bonds is 1. The van der Waals surface area contributed by atoms with E-state index >= 15 is 0 Å². The Morgan fingerprint density at radius 2 is 1.86 bits per heavy atom. The van der Waals surface area contributed by atoms with E-state index in [1.54, 1.807) is 12.4 Å². The van der Waals surface area contributed by atoms with E-state index in [2.05, 4.69) is 15.3 Å². The van der Waals surface area contributed by atoms with E-state index in [0.717, 1.165) is 16.7 Å². The van der Waals surface area contributed by atoms with Crippen molar-refractivity contribution in [2.24, 2.45) is 0 Å². The Hall–Kier alpha value is -1.64. The van der Waals surface area contributed by atoms with Crippen molar-refractivity contribution in [1.82, 2.24) is 9.97 Å². The lowest BCUT2D eigenvalue weighted by Gasteiger charge is -2.01. The highest BCUT2D eigenvalue weighted by Gasteiger charge is 1.98. The number of fused-ring (bicyclic) bond motifs is 1. The van der Waals surface area contributed by atoms with E-state index in [4.69, 9.17) is 0 Å². The van der Waals surface area contributed by atoms with Gasteiger partial charge in [0.2, 0.25) is 0 Å². The van der Waals surface area contributed by atoms with Crippen molar-refractivity contribution in [2.75, 3.05) is 12.4 Å². The summed E-state index contributed by atoms with van der Waals surface area (Å²) in [6, 6.07) is 5.81. The Morgan fingerprint density at radius 1 is 1.07 bits per heavy atom. The number of nitrogens with one attached hydrogen (secondary N) is 1. The molecule has 3 nitrogen and oxygen atoms in total. The molecule has 0 aliphatic heterocycles. The molecule has 2 aromatic heterocycles. The molecule has 2 aromatic rings. The van der Waals surface area contributed by atoms with Crippen molar-refractivity contribution < 1.29 is 0 Å². The second-order valence-electron chi connectivity index (χ2n) is 2.48. The zero-order chi connectivity index (χ0) is 10.4. The van der Waals surface area contributed by atoms with Crippen LogP contribution in [0.1, 0.15) is 13.8 Å². The third kappa shape index (κ3) is 1.99. The minimum atomic E-state index is 0.876. The molecule has 0 radical (unpaired) electrons. The lowest BCUT2D eigenvalue weighted by atomic mass is 10.2. The first-order chi connectivity index (χ1) is 6.92. The molecule has 14 heavy (non-hydrogen) atoms. The smallest absolute Gasteiger partial charge is 0.135 e. The van der Waals surface area contributed by atoms with E-state index in [1.807, 2.05) is 39.1 Å². The van der Waals surface area contributed by atoms with Crippen LogP contribution in [0.3, 0.4) is 0 Å². The molecule has 0 spiro atoms. The Kier molecular flexibility index (Phi) is 3.85. The van der Waals surface area contributed by atoms with Gasteiger partial charge in [-0.25, -0.2) is 4.98 Å². The Bertz CT molecular complexity index is 393. The molecule has 74 valence electrons. The Morgan fingerprint density at radius 3 is 2.57 bits per heavy atom. The first kappa shape index (κ1) is 10.4. The van der Waals surface area contributed by atoms with Gasteiger partial charge in [-0.2, -0.15) is 0 Å². The molecule has 2 heterocycles. The highest BCUT2D eigenvalue weighted by molar-refractivity contribution is 5.88. The average molecular weight is 189 g/mol. The van der Waals surface area contributed by atoms with Crippen LogP contribution in [0.4, 0.5) is 5.82 Å². The summed E-state index contributed by atoms with van der Waals surface area (Å²) < 4.78 is 0. The van der Waals surface area contributed by atoms with Crippen molar-refractivity contribution in [2.45, 2.75) is 13.8 Å². The van der Waals surface area contributed by atoms with Gasteiger partial charge in [-0.3, -0.25) is 4.98 Å². The highest BCUT2D eigenvalue weighted by Crippen LogP contribution is 2.17. The number of hydrogen-bond donors (Lipinski definition) is 1. The van der Waals surface area contributed by atoms with Gasteiger partial charge in [-0.05, 0) is 18.2 Å². The van der Waals surface area contributed by atoms with E-state index in [-0.39, 0.29) is 0 Å². The predicted octanol–water partition coefficient (Wildman–Crippen LogP) is 2.70. The second kappa shape index (κ2) is 5.17. The van der Waals surface area contributed by atoms with Gasteiger partial charge in [0, 0.05) is 24.8 Å². The van der Waals surface area contributed by atoms with Crippen molar-refractivity contribution in [3.8, 4) is 0 Å². The van der Waals surface area contributed by atoms with Gasteiger partial charge in [-0.1, -0.05) is 13.8 Å². The quantitative estimate of drug-likeness (QED) is 0.749. The van der Waals surface area contributed by atoms with Gasteiger partial charge in [0.15, 0.2) is 0 Å². The molecule has 0 amide bonds. The van der Waals surface area contributed by atoms with Gasteiger partial charge in [-0.15, -0.1) is 0 Å². The second-order valence-corrected chi connectivity index (χ2v) is 2.48. The molecule has 2 rings (SSSR count). The highest BCUT2D eigenvalue weighted by atomic mass is 15.0. The van der Waals surface area contributed by atoms with Gasteiger partial charge in [0.1, 0.15) is 5.82 Å². The topological polar surface area (TPSA) is 37.8 Å². The molecular weight excluding hydrogens is 174 g/mol. The zero-order valence-electron chi connectivity index (χ0n) is 8.78. The summed E-state index contributed by atoms with van der Waals surface area (Å²) in [5.41, 5.74) is 0.969. The fourth-order valence-corrected chi connectivity index (χ4v) is 1.20. The molecule has 1 N–H and O–H groups in total. The maximum atomic E-state index is 4.21. The third-order valence-electron chi connectivity index (χ3n) is 1.77. The normalized spacial score (nSPS) is 9.07. The van der Waals surface area contributed by atoms with Crippen LogP contribution in [-0.2, 0) is 0 Å². The third-order valence-corrected chi connectivity index (χ3v) is 1.77. The van der Waals surface area contributed by atoms with Crippen LogP contribution in [0.2, 0.25) is 0 Å². The Labute approximate surface area is 84.2 Å². The van der Waals surface area contributed by atoms with E-state index in [9.17, 15) is 0 Å². The first-order valence-electron chi connectivity index (χ1n) is 4.79. The SMILES string of the molecule is CC.CNc1nccc2ncccc12. The van der Waals surface area contributed by atoms with Crippen LogP contribution in [0.5, 0.6) is 0 Å². The van der Waals surface area contributed by atoms with Crippen LogP contribution in [0.25, 0.3) is 10.9 Å². The monoisotopic (exact) mass is 189 g/mol. The van der Waals surface area contributed by atoms with Gasteiger partial charge in [0.05, 0.1) is 5.52 Å². The summed E-state index contributed by atoms with van der Waals surface area (Å²) in [5, 5.41) is 4.08. The number of anilines is 1. The van der Waals surface area contributed by atoms with Crippen LogP contribution < -0.4 is 5.32 Å². The summed E-state index contributed by atoms with van der Waals surface area (Å²) in [5.74, 6) is 0.876. The molecule has 0 aliphatic carbocycles. The predicted molar refractivity (Wildman–Crippen MR) is 60.4 cm³/mol. The van der Waals surface area contributed by atoms with E-state index < -0.39 is 0 Å². The van der Waals surface area contributed by atoms with Crippen molar-refractivity contribution in [3.05, 3.63) is 30.6 Å². The number of hydrogen-bond acceptors (Lipinski definition) is 3. The molecule has 0 aromatic carbocycles. The molecule has 3 heteroatoms. The fourth-order valence-electron chi connectivity index (χ4n) is 1.20. The fraction of sp³-hybridized carbons (Fsp3) is 0.273. The molecule has 0 saturated carbocycles. The van der Waals surface area contributed by atoms with Crippen molar-refractivity contribution >= 4 is 16.7 Å². The summed E-state index contributed by atoms with van der Waals surface area (Å²) in [6.45, 7) is 4.00. The van der Waals surface area contributed by atoms with E-state index in [0.29, 0.717) is 0 Å². The standard InChI is InChI=1S/C9H9N3.C2H6/c1-10-9-7-3-2-5-11-8(7)4-6-12-9;1-2/h2-6H,1H3,(H,10,12);1-2H3. The lowest BCUT2D eigenvalue weighted by Crippen LogP contribution is -1.93. The molecular formula is C11H15N3. The largest absolute Gasteiger partial charge is 0.373 e. The minimum absolute atomic E-state index is 0.876. The summed E-state index contributed by atoms with van der Waals surface area (Å²) in [4.78, 5) is 8.38. The van der Waals surface area contributed by atoms with Crippen LogP contribution in [-0.4, -0.2) is 17.0 Å². The number of pyridine rings is 2. The number of aromatic nitrogens is 2. The average Bonchev–Trinajstić information content (AvgIpc) is 2.31. The molecule has 0 atom stereocenters. The van der Waals surface area contributed by atoms with Crippen LogP contribution >= 0.6 is 0 Å². The maximum absolute atomic E-state index is 4.21. The molecule has 0 saturated heterocycles.